The van der Waals surface area contributed by atoms with Crippen LogP contribution in [-0.4, -0.2) is 46.0 Å². The fraction of sp³-hybridized carbons (Fsp3) is 0.292. The van der Waals surface area contributed by atoms with Crippen molar-refractivity contribution in [3.05, 3.63) is 86.6 Å². The van der Waals surface area contributed by atoms with Gasteiger partial charge in [-0.15, -0.1) is 5.10 Å². The van der Waals surface area contributed by atoms with Crippen molar-refractivity contribution in [2.75, 3.05) is 25.6 Å². The minimum absolute atomic E-state index is 0.0409. The second kappa shape index (κ2) is 10.7. The second-order valence-corrected chi connectivity index (χ2v) is 8.93. The SMILES string of the molecule is COCCOC(=O)C1=C(C)Nc2nc(SCc3cccc(C)c3)nn2C1c1ccc([N+](=O)[O-])cc1. The molecular weight excluding hydrogens is 470 g/mol. The lowest BCUT2D eigenvalue weighted by molar-refractivity contribution is -0.384. The molecule has 0 saturated carbocycles. The highest BCUT2D eigenvalue weighted by molar-refractivity contribution is 7.98. The molecule has 0 saturated heterocycles. The van der Waals surface area contributed by atoms with Gasteiger partial charge in [-0.05, 0) is 37.1 Å². The van der Waals surface area contributed by atoms with E-state index in [-0.39, 0.29) is 18.9 Å². The van der Waals surface area contributed by atoms with Crippen molar-refractivity contribution in [1.29, 1.82) is 0 Å². The van der Waals surface area contributed by atoms with Crippen molar-refractivity contribution < 1.29 is 19.2 Å². The number of thioether (sulfide) groups is 1. The molecule has 2 heterocycles. The number of benzene rings is 2. The molecule has 0 amide bonds. The number of nitro benzene ring substituents is 1. The molecule has 0 radical (unpaired) electrons. The number of fused-ring (bicyclic) bond motifs is 1. The third-order valence-electron chi connectivity index (χ3n) is 5.44. The van der Waals surface area contributed by atoms with E-state index in [9.17, 15) is 14.9 Å². The Kier molecular flexibility index (Phi) is 7.47. The highest BCUT2D eigenvalue weighted by Crippen LogP contribution is 2.37. The van der Waals surface area contributed by atoms with E-state index >= 15 is 0 Å². The summed E-state index contributed by atoms with van der Waals surface area (Å²) in [5.74, 6) is 0.641. The number of methoxy groups -OCH3 is 1. The number of hydrogen-bond acceptors (Lipinski definition) is 9. The lowest BCUT2D eigenvalue weighted by Gasteiger charge is -2.28. The molecular formula is C24H25N5O5S. The Hall–Kier alpha value is -3.70. The summed E-state index contributed by atoms with van der Waals surface area (Å²) in [6.45, 7) is 4.17. The number of aryl methyl sites for hydroxylation is 1. The molecule has 0 aliphatic carbocycles. The van der Waals surface area contributed by atoms with Gasteiger partial charge in [-0.25, -0.2) is 9.48 Å². The maximum Gasteiger partial charge on any atom is 0.338 e. The minimum atomic E-state index is -0.664. The molecule has 1 unspecified atom stereocenters. The first kappa shape index (κ1) is 24.4. The van der Waals surface area contributed by atoms with Crippen LogP contribution in [-0.2, 0) is 20.0 Å². The number of non-ortho nitro benzene ring substituents is 1. The number of ether oxygens (including phenoxy) is 2. The van der Waals surface area contributed by atoms with Gasteiger partial charge in [-0.3, -0.25) is 10.1 Å². The maximum absolute atomic E-state index is 13.1. The van der Waals surface area contributed by atoms with Crippen LogP contribution in [0.1, 0.15) is 29.7 Å². The van der Waals surface area contributed by atoms with E-state index in [2.05, 4.69) is 21.5 Å². The summed E-state index contributed by atoms with van der Waals surface area (Å²) in [5, 5.41) is 19.5. The summed E-state index contributed by atoms with van der Waals surface area (Å²) >= 11 is 1.48. The Morgan fingerprint density at radius 2 is 1.97 bits per heavy atom. The predicted molar refractivity (Wildman–Crippen MR) is 131 cm³/mol. The molecule has 1 aliphatic heterocycles. The number of nitrogens with one attached hydrogen (secondary N) is 1. The van der Waals surface area contributed by atoms with E-state index in [1.54, 1.807) is 23.7 Å². The Morgan fingerprint density at radius 3 is 2.66 bits per heavy atom. The summed E-state index contributed by atoms with van der Waals surface area (Å²) in [6.07, 6.45) is 0. The summed E-state index contributed by atoms with van der Waals surface area (Å²) < 4.78 is 12.0. The lowest BCUT2D eigenvalue weighted by Crippen LogP contribution is -2.30. The molecule has 1 aromatic heterocycles. The lowest BCUT2D eigenvalue weighted by atomic mass is 9.95. The van der Waals surface area contributed by atoms with Crippen LogP contribution in [0.4, 0.5) is 11.6 Å². The number of carbonyl (C=O) groups is 1. The molecule has 0 fully saturated rings. The van der Waals surface area contributed by atoms with E-state index in [0.29, 0.717) is 33.7 Å². The van der Waals surface area contributed by atoms with Crippen LogP contribution in [0.3, 0.4) is 0 Å². The largest absolute Gasteiger partial charge is 0.460 e. The molecule has 0 bridgehead atoms. The number of rotatable bonds is 9. The van der Waals surface area contributed by atoms with Gasteiger partial charge in [0.2, 0.25) is 11.1 Å². The van der Waals surface area contributed by atoms with Crippen molar-refractivity contribution in [3.8, 4) is 0 Å². The summed E-state index contributed by atoms with van der Waals surface area (Å²) in [6, 6.07) is 13.6. The van der Waals surface area contributed by atoms with Gasteiger partial charge in [-0.1, -0.05) is 41.6 Å². The van der Waals surface area contributed by atoms with E-state index in [1.807, 2.05) is 25.1 Å². The maximum atomic E-state index is 13.1. The number of nitro groups is 1. The Balaban J connectivity index is 1.67. The van der Waals surface area contributed by atoms with Gasteiger partial charge in [0.15, 0.2) is 0 Å². The number of anilines is 1. The summed E-state index contributed by atoms with van der Waals surface area (Å²) in [5.41, 5.74) is 3.86. The second-order valence-electron chi connectivity index (χ2n) is 7.98. The van der Waals surface area contributed by atoms with Crippen LogP contribution >= 0.6 is 11.8 Å². The molecule has 10 nitrogen and oxygen atoms in total. The van der Waals surface area contributed by atoms with Gasteiger partial charge in [0.25, 0.3) is 5.69 Å². The van der Waals surface area contributed by atoms with Gasteiger partial charge in [0, 0.05) is 30.7 Å². The third kappa shape index (κ3) is 5.52. The quantitative estimate of drug-likeness (QED) is 0.152. The fourth-order valence-corrected chi connectivity index (χ4v) is 4.56. The van der Waals surface area contributed by atoms with Crippen LogP contribution in [0.5, 0.6) is 0 Å². The number of aromatic nitrogens is 3. The molecule has 0 spiro atoms. The number of carbonyl (C=O) groups excluding carboxylic acids is 1. The van der Waals surface area contributed by atoms with Gasteiger partial charge in [0.05, 0.1) is 17.1 Å². The standard InChI is InChI=1S/C24H25N5O5S/c1-15-5-4-6-17(13-15)14-35-24-26-23-25-16(2)20(22(30)34-12-11-33-3)21(28(23)27-24)18-7-9-19(10-8-18)29(31)32/h4-10,13,21H,11-12,14H2,1-3H3,(H,25,26,27). The molecule has 1 N–H and O–H groups in total. The van der Waals surface area contributed by atoms with Crippen molar-refractivity contribution in [1.82, 2.24) is 14.8 Å². The normalized spacial score (nSPS) is 14.9. The minimum Gasteiger partial charge on any atom is -0.460 e. The van der Waals surface area contributed by atoms with Gasteiger partial charge < -0.3 is 14.8 Å². The van der Waals surface area contributed by atoms with E-state index in [0.717, 1.165) is 5.56 Å². The van der Waals surface area contributed by atoms with Crippen LogP contribution in [0.2, 0.25) is 0 Å². The van der Waals surface area contributed by atoms with Gasteiger partial charge >= 0.3 is 5.97 Å². The molecule has 3 aromatic rings. The molecule has 35 heavy (non-hydrogen) atoms. The van der Waals surface area contributed by atoms with Gasteiger partial charge in [0.1, 0.15) is 12.6 Å². The first-order valence-electron chi connectivity index (χ1n) is 10.9. The zero-order valence-electron chi connectivity index (χ0n) is 19.6. The smallest absolute Gasteiger partial charge is 0.338 e. The van der Waals surface area contributed by atoms with Crippen LogP contribution in [0, 0.1) is 17.0 Å². The Bertz CT molecular complexity index is 1270. The molecule has 11 heteroatoms. The Morgan fingerprint density at radius 1 is 1.20 bits per heavy atom. The van der Waals surface area contributed by atoms with Crippen molar-refractivity contribution >= 4 is 29.4 Å². The van der Waals surface area contributed by atoms with E-state index < -0.39 is 16.9 Å². The first-order chi connectivity index (χ1) is 16.9. The molecule has 1 aliphatic rings. The highest BCUT2D eigenvalue weighted by atomic mass is 32.2. The van der Waals surface area contributed by atoms with Crippen LogP contribution in [0.25, 0.3) is 0 Å². The van der Waals surface area contributed by atoms with E-state index in [4.69, 9.17) is 9.47 Å². The molecule has 182 valence electrons. The summed E-state index contributed by atoms with van der Waals surface area (Å²) in [4.78, 5) is 28.3. The average Bonchev–Trinajstić information content (AvgIpc) is 3.24. The number of esters is 1. The van der Waals surface area contributed by atoms with Crippen molar-refractivity contribution in [3.63, 3.8) is 0 Å². The zero-order chi connectivity index (χ0) is 24.9. The number of hydrogen-bond donors (Lipinski definition) is 1. The van der Waals surface area contributed by atoms with Crippen LogP contribution in [0.15, 0.2) is 65.0 Å². The van der Waals surface area contributed by atoms with Crippen LogP contribution < -0.4 is 5.32 Å². The average molecular weight is 496 g/mol. The molecule has 2 aromatic carbocycles. The molecule has 1 atom stereocenters. The van der Waals surface area contributed by atoms with Crippen molar-refractivity contribution in [2.45, 2.75) is 30.8 Å². The fourth-order valence-electron chi connectivity index (χ4n) is 3.79. The third-order valence-corrected chi connectivity index (χ3v) is 6.35. The zero-order valence-corrected chi connectivity index (χ0v) is 20.4. The highest BCUT2D eigenvalue weighted by Gasteiger charge is 2.35. The number of allylic oxidation sites excluding steroid dienone is 1. The topological polar surface area (TPSA) is 121 Å². The predicted octanol–water partition coefficient (Wildman–Crippen LogP) is 4.27. The summed E-state index contributed by atoms with van der Waals surface area (Å²) in [7, 11) is 1.53. The van der Waals surface area contributed by atoms with E-state index in [1.165, 1.54) is 36.6 Å². The monoisotopic (exact) mass is 495 g/mol. The Labute approximate surface area is 206 Å². The van der Waals surface area contributed by atoms with Gasteiger partial charge in [-0.2, -0.15) is 4.98 Å². The first-order valence-corrected chi connectivity index (χ1v) is 11.9. The van der Waals surface area contributed by atoms with Crippen molar-refractivity contribution in [2.24, 2.45) is 0 Å². The number of nitrogens with zero attached hydrogens (tertiary/aromatic N) is 4. The molecule has 4 rings (SSSR count).